The van der Waals surface area contributed by atoms with Crippen molar-refractivity contribution in [3.05, 3.63) is 33.7 Å². The lowest BCUT2D eigenvalue weighted by molar-refractivity contribution is 0.899. The van der Waals surface area contributed by atoms with Crippen molar-refractivity contribution in [2.45, 2.75) is 39.2 Å². The highest BCUT2D eigenvalue weighted by Crippen LogP contribution is 2.25. The number of fused-ring (bicyclic) bond motifs is 1. The molecule has 0 saturated carbocycles. The summed E-state index contributed by atoms with van der Waals surface area (Å²) in [6.07, 6.45) is 8.01. The number of rotatable bonds is 4. The molecule has 18 heavy (non-hydrogen) atoms. The number of hydrogen-bond acceptors (Lipinski definition) is 5. The molecular weight excluding hydrogens is 244 g/mol. The van der Waals surface area contributed by atoms with E-state index in [4.69, 9.17) is 0 Å². The highest BCUT2D eigenvalue weighted by Gasteiger charge is 2.16. The van der Waals surface area contributed by atoms with Crippen LogP contribution in [-0.4, -0.2) is 15.0 Å². The van der Waals surface area contributed by atoms with Gasteiger partial charge in [0.2, 0.25) is 0 Å². The summed E-state index contributed by atoms with van der Waals surface area (Å²) in [5, 5.41) is 4.61. The molecule has 0 saturated heterocycles. The molecule has 4 nitrogen and oxygen atoms in total. The van der Waals surface area contributed by atoms with Crippen LogP contribution in [0.5, 0.6) is 0 Å². The van der Waals surface area contributed by atoms with Gasteiger partial charge >= 0.3 is 0 Å². The first-order chi connectivity index (χ1) is 8.86. The third-order valence-corrected chi connectivity index (χ3v) is 4.35. The molecule has 3 rings (SSSR count). The smallest absolute Gasteiger partial charge is 0.133 e. The number of nitrogens with zero attached hydrogens (tertiary/aromatic N) is 3. The number of nitrogens with one attached hydrogen (secondary N) is 1. The van der Waals surface area contributed by atoms with Gasteiger partial charge in [-0.2, -0.15) is 0 Å². The minimum Gasteiger partial charge on any atom is -0.365 e. The van der Waals surface area contributed by atoms with Gasteiger partial charge in [-0.05, 0) is 25.7 Å². The van der Waals surface area contributed by atoms with Crippen LogP contribution >= 0.6 is 11.3 Å². The Hall–Kier alpha value is -1.49. The predicted octanol–water partition coefficient (Wildman–Crippen LogP) is 2.60. The first kappa shape index (κ1) is 11.6. The van der Waals surface area contributed by atoms with Crippen LogP contribution in [0.25, 0.3) is 0 Å². The van der Waals surface area contributed by atoms with Crippen molar-refractivity contribution in [2.75, 3.05) is 5.32 Å². The van der Waals surface area contributed by atoms with Crippen LogP contribution in [0.4, 0.5) is 5.82 Å². The van der Waals surface area contributed by atoms with Crippen molar-refractivity contribution >= 4 is 17.2 Å². The van der Waals surface area contributed by atoms with Crippen molar-refractivity contribution in [1.82, 2.24) is 15.0 Å². The molecule has 2 heterocycles. The largest absolute Gasteiger partial charge is 0.365 e. The van der Waals surface area contributed by atoms with E-state index >= 15 is 0 Å². The third-order valence-electron chi connectivity index (χ3n) is 3.21. The van der Waals surface area contributed by atoms with Gasteiger partial charge in [-0.1, -0.05) is 6.92 Å². The Morgan fingerprint density at radius 2 is 2.22 bits per heavy atom. The first-order valence-corrected chi connectivity index (χ1v) is 7.18. The zero-order chi connectivity index (χ0) is 12.4. The Balaban J connectivity index is 1.72. The van der Waals surface area contributed by atoms with Gasteiger partial charge in [0.1, 0.15) is 12.1 Å². The molecule has 0 fully saturated rings. The second kappa shape index (κ2) is 5.02. The molecule has 2 aromatic heterocycles. The third kappa shape index (κ3) is 2.22. The summed E-state index contributed by atoms with van der Waals surface area (Å²) >= 11 is 1.77. The average Bonchev–Trinajstić information content (AvgIpc) is 3.05. The van der Waals surface area contributed by atoms with Crippen molar-refractivity contribution in [3.63, 3.8) is 0 Å². The molecule has 0 radical (unpaired) electrons. The fourth-order valence-corrected chi connectivity index (χ4v) is 3.08. The molecule has 0 bridgehead atoms. The lowest BCUT2D eigenvalue weighted by Crippen LogP contribution is -2.04. The molecular formula is C13H16N4S. The molecule has 94 valence electrons. The molecule has 0 atom stereocenters. The molecule has 0 aliphatic heterocycles. The van der Waals surface area contributed by atoms with Gasteiger partial charge in [-0.15, -0.1) is 11.3 Å². The number of aryl methyl sites for hydroxylation is 2. The molecule has 1 aliphatic rings. The zero-order valence-corrected chi connectivity index (χ0v) is 11.3. The lowest BCUT2D eigenvalue weighted by Gasteiger charge is -2.07. The lowest BCUT2D eigenvalue weighted by atomic mass is 10.2. The summed E-state index contributed by atoms with van der Waals surface area (Å²) in [5.41, 5.74) is 2.52. The highest BCUT2D eigenvalue weighted by molar-refractivity contribution is 7.11. The van der Waals surface area contributed by atoms with E-state index in [9.17, 15) is 0 Å². The molecule has 5 heteroatoms. The minimum absolute atomic E-state index is 0.807. The molecule has 0 spiro atoms. The Bertz CT molecular complexity index is 550. The van der Waals surface area contributed by atoms with Crippen molar-refractivity contribution < 1.29 is 0 Å². The van der Waals surface area contributed by atoms with Crippen LogP contribution in [0.1, 0.15) is 34.5 Å². The van der Waals surface area contributed by atoms with Crippen LogP contribution in [0.3, 0.4) is 0 Å². The average molecular weight is 260 g/mol. The predicted molar refractivity (Wildman–Crippen MR) is 72.9 cm³/mol. The summed E-state index contributed by atoms with van der Waals surface area (Å²) in [6, 6.07) is 0. The maximum Gasteiger partial charge on any atom is 0.133 e. The van der Waals surface area contributed by atoms with E-state index in [0.717, 1.165) is 31.6 Å². The van der Waals surface area contributed by atoms with Crippen LogP contribution in [0.2, 0.25) is 0 Å². The first-order valence-electron chi connectivity index (χ1n) is 6.37. The Morgan fingerprint density at radius 3 is 3.06 bits per heavy atom. The summed E-state index contributed by atoms with van der Waals surface area (Å²) in [4.78, 5) is 14.3. The molecule has 2 aromatic rings. The maximum atomic E-state index is 4.37. The van der Waals surface area contributed by atoms with Gasteiger partial charge in [0, 0.05) is 22.3 Å². The quantitative estimate of drug-likeness (QED) is 0.918. The Labute approximate surface area is 111 Å². The monoisotopic (exact) mass is 260 g/mol. The summed E-state index contributed by atoms with van der Waals surface area (Å²) in [7, 11) is 0. The summed E-state index contributed by atoms with van der Waals surface area (Å²) < 4.78 is 0. The Morgan fingerprint density at radius 1 is 1.28 bits per heavy atom. The molecule has 0 amide bonds. The van der Waals surface area contributed by atoms with E-state index in [-0.39, 0.29) is 0 Å². The topological polar surface area (TPSA) is 50.7 Å². The molecule has 0 aromatic carbocycles. The van der Waals surface area contributed by atoms with Crippen LogP contribution in [0.15, 0.2) is 12.5 Å². The van der Waals surface area contributed by atoms with Crippen LogP contribution < -0.4 is 5.32 Å². The van der Waals surface area contributed by atoms with Gasteiger partial charge in [0.25, 0.3) is 0 Å². The van der Waals surface area contributed by atoms with Crippen LogP contribution in [-0.2, 0) is 25.8 Å². The Kier molecular flexibility index (Phi) is 3.23. The molecule has 0 unspecified atom stereocenters. The minimum atomic E-state index is 0.807. The number of anilines is 1. The zero-order valence-electron chi connectivity index (χ0n) is 10.4. The van der Waals surface area contributed by atoms with Crippen molar-refractivity contribution in [1.29, 1.82) is 0 Å². The highest BCUT2D eigenvalue weighted by atomic mass is 32.1. The molecule has 1 N–H and O–H groups in total. The second-order valence-electron chi connectivity index (χ2n) is 4.43. The van der Waals surface area contributed by atoms with Crippen molar-refractivity contribution in [3.8, 4) is 0 Å². The standard InChI is InChI=1S/C13H16N4S/c1-2-12-14-6-9(18-12)7-15-13-10-4-3-5-11(10)16-8-17-13/h6,8H,2-5,7H2,1H3,(H,15,16,17). The maximum absolute atomic E-state index is 4.37. The van der Waals surface area contributed by atoms with E-state index in [1.165, 1.54) is 27.6 Å². The molecule has 1 aliphatic carbocycles. The van der Waals surface area contributed by atoms with E-state index in [1.54, 1.807) is 17.7 Å². The SMILES string of the molecule is CCc1ncc(CNc2ncnc3c2CCC3)s1. The van der Waals surface area contributed by atoms with E-state index in [1.807, 2.05) is 6.20 Å². The normalized spacial score (nSPS) is 13.6. The van der Waals surface area contributed by atoms with Gasteiger partial charge < -0.3 is 5.32 Å². The van der Waals surface area contributed by atoms with E-state index in [0.29, 0.717) is 0 Å². The summed E-state index contributed by atoms with van der Waals surface area (Å²) in [6.45, 7) is 2.94. The number of hydrogen-bond donors (Lipinski definition) is 1. The second-order valence-corrected chi connectivity index (χ2v) is 5.63. The van der Waals surface area contributed by atoms with Crippen LogP contribution in [0, 0.1) is 0 Å². The fraction of sp³-hybridized carbons (Fsp3) is 0.462. The van der Waals surface area contributed by atoms with Gasteiger partial charge in [-0.3, -0.25) is 0 Å². The van der Waals surface area contributed by atoms with Crippen molar-refractivity contribution in [2.24, 2.45) is 0 Å². The summed E-state index contributed by atoms with van der Waals surface area (Å²) in [5.74, 6) is 1.00. The number of thiazole rings is 1. The van der Waals surface area contributed by atoms with Gasteiger partial charge in [0.15, 0.2) is 0 Å². The van der Waals surface area contributed by atoms with Gasteiger partial charge in [0.05, 0.1) is 11.6 Å². The number of aromatic nitrogens is 3. The fourth-order valence-electron chi connectivity index (χ4n) is 2.28. The van der Waals surface area contributed by atoms with Gasteiger partial charge in [-0.25, -0.2) is 15.0 Å². The van der Waals surface area contributed by atoms with E-state index < -0.39 is 0 Å². The van der Waals surface area contributed by atoms with E-state index in [2.05, 4.69) is 27.2 Å².